The Balaban J connectivity index is 1.75. The topological polar surface area (TPSA) is 96.6 Å². The van der Waals surface area contributed by atoms with Crippen molar-refractivity contribution in [3.05, 3.63) is 54.6 Å². The van der Waals surface area contributed by atoms with Crippen LogP contribution in [0.4, 0.5) is 5.69 Å². The number of thioether (sulfide) groups is 1. The minimum Gasteiger partial charge on any atom is -0.411 e. The Morgan fingerprint density at radius 3 is 2.41 bits per heavy atom. The average molecular weight is 475 g/mol. The molecule has 8 nitrogen and oxygen atoms in total. The molecule has 0 aliphatic carbocycles. The van der Waals surface area contributed by atoms with E-state index in [4.69, 9.17) is 4.42 Å². The van der Waals surface area contributed by atoms with Gasteiger partial charge in [0.15, 0.2) is 0 Å². The van der Waals surface area contributed by atoms with Gasteiger partial charge >= 0.3 is 0 Å². The predicted octanol–water partition coefficient (Wildman–Crippen LogP) is 3.91. The SMILES string of the molecule is CCN(CC)S(=O)(=O)c1cccc(-c2nnc(SC(C)C(=O)N(C)c3ccccc3)o2)c1. The molecular weight excluding hydrogens is 448 g/mol. The van der Waals surface area contributed by atoms with Crippen molar-refractivity contribution in [3.63, 3.8) is 0 Å². The largest absolute Gasteiger partial charge is 0.411 e. The number of amides is 1. The number of carbonyl (C=O) groups excluding carboxylic acids is 1. The number of anilines is 1. The van der Waals surface area contributed by atoms with Crippen LogP contribution in [0.3, 0.4) is 0 Å². The lowest BCUT2D eigenvalue weighted by molar-refractivity contribution is -0.117. The van der Waals surface area contributed by atoms with Gasteiger partial charge in [0.2, 0.25) is 21.8 Å². The van der Waals surface area contributed by atoms with Crippen molar-refractivity contribution in [2.75, 3.05) is 25.0 Å². The van der Waals surface area contributed by atoms with Crippen LogP contribution in [0.1, 0.15) is 20.8 Å². The number of nitrogens with zero attached hydrogens (tertiary/aromatic N) is 4. The second-order valence-electron chi connectivity index (χ2n) is 6.98. The van der Waals surface area contributed by atoms with E-state index >= 15 is 0 Å². The number of hydrogen-bond donors (Lipinski definition) is 0. The fourth-order valence-electron chi connectivity index (χ4n) is 3.13. The van der Waals surface area contributed by atoms with E-state index in [1.54, 1.807) is 50.9 Å². The van der Waals surface area contributed by atoms with Crippen molar-refractivity contribution >= 4 is 33.4 Å². The van der Waals surface area contributed by atoms with Gasteiger partial charge in [-0.1, -0.05) is 49.9 Å². The summed E-state index contributed by atoms with van der Waals surface area (Å²) in [6.45, 7) is 6.13. The molecule has 0 N–H and O–H groups in total. The van der Waals surface area contributed by atoms with Gasteiger partial charge < -0.3 is 9.32 Å². The number of para-hydroxylation sites is 1. The van der Waals surface area contributed by atoms with Gasteiger partial charge in [-0.15, -0.1) is 10.2 Å². The molecule has 1 heterocycles. The summed E-state index contributed by atoms with van der Waals surface area (Å²) in [6, 6.07) is 15.8. The van der Waals surface area contributed by atoms with Gasteiger partial charge in [-0.05, 0) is 37.3 Å². The number of carbonyl (C=O) groups is 1. The number of sulfonamides is 1. The third-order valence-corrected chi connectivity index (χ3v) is 7.90. The molecule has 0 radical (unpaired) electrons. The molecule has 0 fully saturated rings. The highest BCUT2D eigenvalue weighted by Gasteiger charge is 2.24. The number of benzene rings is 2. The average Bonchev–Trinajstić information content (AvgIpc) is 3.28. The van der Waals surface area contributed by atoms with E-state index in [9.17, 15) is 13.2 Å². The zero-order valence-electron chi connectivity index (χ0n) is 18.4. The number of rotatable bonds is 9. The maximum atomic E-state index is 12.8. The van der Waals surface area contributed by atoms with Crippen LogP contribution in [0, 0.1) is 0 Å². The summed E-state index contributed by atoms with van der Waals surface area (Å²) < 4.78 is 32.7. The first-order valence-corrected chi connectivity index (χ1v) is 12.5. The highest BCUT2D eigenvalue weighted by Crippen LogP contribution is 2.29. The second kappa shape index (κ2) is 10.3. The lowest BCUT2D eigenvalue weighted by Crippen LogP contribution is -2.33. The van der Waals surface area contributed by atoms with Crippen LogP contribution in [0.25, 0.3) is 11.5 Å². The number of aromatic nitrogens is 2. The van der Waals surface area contributed by atoms with Crippen molar-refractivity contribution in [3.8, 4) is 11.5 Å². The van der Waals surface area contributed by atoms with E-state index in [1.165, 1.54) is 10.4 Å². The Bertz CT molecular complexity index is 1160. The fraction of sp³-hybridized carbons (Fsp3) is 0.318. The normalized spacial score (nSPS) is 12.7. The predicted molar refractivity (Wildman–Crippen MR) is 125 cm³/mol. The maximum absolute atomic E-state index is 12.8. The van der Waals surface area contributed by atoms with E-state index in [1.807, 2.05) is 30.3 Å². The molecule has 1 amide bonds. The van der Waals surface area contributed by atoms with Crippen LogP contribution in [-0.2, 0) is 14.8 Å². The number of hydrogen-bond acceptors (Lipinski definition) is 7. The lowest BCUT2D eigenvalue weighted by Gasteiger charge is -2.20. The van der Waals surface area contributed by atoms with E-state index in [-0.39, 0.29) is 21.9 Å². The van der Waals surface area contributed by atoms with E-state index < -0.39 is 15.3 Å². The Kier molecular flexibility index (Phi) is 7.70. The Hall–Kier alpha value is -2.69. The summed E-state index contributed by atoms with van der Waals surface area (Å²) in [5.74, 6) is 0.0911. The van der Waals surface area contributed by atoms with E-state index in [0.717, 1.165) is 17.4 Å². The van der Waals surface area contributed by atoms with Gasteiger partial charge in [-0.25, -0.2) is 8.42 Å². The molecular formula is C22H26N4O4S2. The van der Waals surface area contributed by atoms with Gasteiger partial charge in [-0.2, -0.15) is 4.31 Å². The molecule has 3 rings (SSSR count). The van der Waals surface area contributed by atoms with Crippen molar-refractivity contribution < 1.29 is 17.6 Å². The molecule has 1 unspecified atom stereocenters. The van der Waals surface area contributed by atoms with Crippen molar-refractivity contribution in [2.24, 2.45) is 0 Å². The van der Waals surface area contributed by atoms with Crippen LogP contribution in [-0.4, -0.2) is 54.2 Å². The molecule has 0 spiro atoms. The Morgan fingerprint density at radius 1 is 1.06 bits per heavy atom. The molecule has 1 aromatic heterocycles. The van der Waals surface area contributed by atoms with Crippen LogP contribution in [0.5, 0.6) is 0 Å². The van der Waals surface area contributed by atoms with Crippen LogP contribution in [0.2, 0.25) is 0 Å². The van der Waals surface area contributed by atoms with Crippen molar-refractivity contribution in [2.45, 2.75) is 36.1 Å². The van der Waals surface area contributed by atoms with Crippen LogP contribution < -0.4 is 4.90 Å². The minimum atomic E-state index is -3.60. The molecule has 0 aliphatic heterocycles. The monoisotopic (exact) mass is 474 g/mol. The second-order valence-corrected chi connectivity index (χ2v) is 10.2. The molecule has 0 aliphatic rings. The van der Waals surface area contributed by atoms with Gasteiger partial charge in [0, 0.05) is 31.4 Å². The van der Waals surface area contributed by atoms with Gasteiger partial charge in [-0.3, -0.25) is 4.79 Å². The summed E-state index contributed by atoms with van der Waals surface area (Å²) in [5.41, 5.74) is 1.29. The first kappa shape index (κ1) is 24.0. The molecule has 10 heteroatoms. The summed E-state index contributed by atoms with van der Waals surface area (Å²) in [6.07, 6.45) is 0. The molecule has 170 valence electrons. The minimum absolute atomic E-state index is 0.103. The smallest absolute Gasteiger partial charge is 0.277 e. The van der Waals surface area contributed by atoms with Gasteiger partial charge in [0.25, 0.3) is 5.22 Å². The quantitative estimate of drug-likeness (QED) is 0.434. The first-order chi connectivity index (χ1) is 15.3. The lowest BCUT2D eigenvalue weighted by atomic mass is 10.2. The van der Waals surface area contributed by atoms with Crippen molar-refractivity contribution in [1.29, 1.82) is 0 Å². The van der Waals surface area contributed by atoms with Crippen LogP contribution >= 0.6 is 11.8 Å². The zero-order chi connectivity index (χ0) is 23.3. The molecule has 1 atom stereocenters. The molecule has 32 heavy (non-hydrogen) atoms. The maximum Gasteiger partial charge on any atom is 0.277 e. The molecule has 3 aromatic rings. The summed E-state index contributed by atoms with van der Waals surface area (Å²) in [7, 11) is -1.88. The van der Waals surface area contributed by atoms with E-state index in [2.05, 4.69) is 10.2 Å². The zero-order valence-corrected chi connectivity index (χ0v) is 20.1. The van der Waals surface area contributed by atoms with Gasteiger partial charge in [0.1, 0.15) is 0 Å². The fourth-order valence-corrected chi connectivity index (χ4v) is 5.41. The Labute approximate surface area is 192 Å². The summed E-state index contributed by atoms with van der Waals surface area (Å²) >= 11 is 1.15. The first-order valence-electron chi connectivity index (χ1n) is 10.2. The molecule has 0 saturated heterocycles. The molecule has 2 aromatic carbocycles. The van der Waals surface area contributed by atoms with Gasteiger partial charge in [0.05, 0.1) is 10.1 Å². The standard InChI is InChI=1S/C22H26N4O4S2/c1-5-26(6-2)32(28,29)19-14-10-11-17(15-19)20-23-24-22(30-20)31-16(3)21(27)25(4)18-12-8-7-9-13-18/h7-16H,5-6H2,1-4H3. The summed E-state index contributed by atoms with van der Waals surface area (Å²) in [5, 5.41) is 7.84. The van der Waals surface area contributed by atoms with E-state index in [0.29, 0.717) is 18.7 Å². The molecule has 0 bridgehead atoms. The summed E-state index contributed by atoms with van der Waals surface area (Å²) in [4.78, 5) is 14.5. The third kappa shape index (κ3) is 5.20. The Morgan fingerprint density at radius 2 is 1.75 bits per heavy atom. The highest BCUT2D eigenvalue weighted by atomic mass is 32.2. The molecule has 0 saturated carbocycles. The third-order valence-electron chi connectivity index (χ3n) is 4.93. The van der Waals surface area contributed by atoms with Crippen molar-refractivity contribution in [1.82, 2.24) is 14.5 Å². The van der Waals surface area contributed by atoms with Crippen LogP contribution in [0.15, 0.2) is 69.1 Å². The highest BCUT2D eigenvalue weighted by molar-refractivity contribution is 8.00.